The van der Waals surface area contributed by atoms with E-state index < -0.39 is 5.37 Å². The molecule has 0 aromatic heterocycles. The summed E-state index contributed by atoms with van der Waals surface area (Å²) < 4.78 is 0. The number of carbonyl (C=O) groups is 2. The Morgan fingerprint density at radius 1 is 1.45 bits per heavy atom. The molecule has 1 fully saturated rings. The molecule has 0 unspecified atom stereocenters. The zero-order chi connectivity index (χ0) is 8.27. The average molecular weight is 176 g/mol. The third kappa shape index (κ3) is 1.93. The van der Waals surface area contributed by atoms with Gasteiger partial charge in [0.25, 0.3) is 0 Å². The maximum atomic E-state index is 10.6. The fourth-order valence-electron chi connectivity index (χ4n) is 1.45. The molecule has 0 aromatic rings. The molecule has 0 atom stereocenters. The molecule has 11 heavy (non-hydrogen) atoms. The first-order valence-electron chi connectivity index (χ1n) is 3.69. The van der Waals surface area contributed by atoms with Crippen LogP contribution in [0.15, 0.2) is 0 Å². The van der Waals surface area contributed by atoms with Crippen LogP contribution in [0.3, 0.4) is 0 Å². The second kappa shape index (κ2) is 3.72. The van der Waals surface area contributed by atoms with E-state index in [9.17, 15) is 9.59 Å². The lowest BCUT2D eigenvalue weighted by atomic mass is 10.2. The van der Waals surface area contributed by atoms with Gasteiger partial charge in [0.1, 0.15) is 0 Å². The van der Waals surface area contributed by atoms with Crippen LogP contribution in [0.4, 0.5) is 4.79 Å². The average Bonchev–Trinajstić information content (AvgIpc) is 2.40. The Balaban J connectivity index is 2.53. The molecule has 1 aliphatic carbocycles. The quantitative estimate of drug-likeness (QED) is 0.364. The predicted octanol–water partition coefficient (Wildman–Crippen LogP) is 1.75. The van der Waals surface area contributed by atoms with Gasteiger partial charge in [-0.15, -0.1) is 0 Å². The van der Waals surface area contributed by atoms with Gasteiger partial charge in [-0.1, -0.05) is 12.8 Å². The van der Waals surface area contributed by atoms with Crippen molar-refractivity contribution < 1.29 is 9.59 Å². The smallest absolute Gasteiger partial charge is 0.278 e. The molecule has 1 saturated carbocycles. The SMILES string of the molecule is O=CN(C(=O)Cl)C1CCCC1. The first-order valence-corrected chi connectivity index (χ1v) is 4.06. The lowest BCUT2D eigenvalue weighted by molar-refractivity contribution is -0.116. The summed E-state index contributed by atoms with van der Waals surface area (Å²) in [6, 6.07) is 0.0532. The molecule has 0 radical (unpaired) electrons. The van der Waals surface area contributed by atoms with E-state index in [1.54, 1.807) is 0 Å². The van der Waals surface area contributed by atoms with Crippen LogP contribution in [0.1, 0.15) is 25.7 Å². The van der Waals surface area contributed by atoms with Gasteiger partial charge in [-0.2, -0.15) is 0 Å². The molecule has 2 amide bonds. The van der Waals surface area contributed by atoms with Gasteiger partial charge >= 0.3 is 5.37 Å². The molecule has 0 bridgehead atoms. The summed E-state index contributed by atoms with van der Waals surface area (Å²) in [5.41, 5.74) is 0. The largest absolute Gasteiger partial charge is 0.323 e. The second-order valence-electron chi connectivity index (χ2n) is 2.70. The minimum absolute atomic E-state index is 0.0532. The van der Waals surface area contributed by atoms with E-state index in [0.29, 0.717) is 6.41 Å². The normalized spacial score (nSPS) is 18.3. The number of halogens is 1. The minimum atomic E-state index is -0.660. The van der Waals surface area contributed by atoms with E-state index in [2.05, 4.69) is 0 Å². The van der Waals surface area contributed by atoms with E-state index in [1.807, 2.05) is 0 Å². The first-order chi connectivity index (χ1) is 5.25. The number of carbonyl (C=O) groups excluding carboxylic acids is 2. The fraction of sp³-hybridized carbons (Fsp3) is 0.714. The highest BCUT2D eigenvalue weighted by molar-refractivity contribution is 6.63. The number of nitrogens with zero attached hydrogens (tertiary/aromatic N) is 1. The van der Waals surface area contributed by atoms with Crippen LogP contribution >= 0.6 is 11.6 Å². The Bertz CT molecular complexity index is 166. The zero-order valence-electron chi connectivity index (χ0n) is 6.12. The minimum Gasteiger partial charge on any atom is -0.278 e. The van der Waals surface area contributed by atoms with E-state index in [0.717, 1.165) is 30.6 Å². The third-order valence-electron chi connectivity index (χ3n) is 2.03. The molecule has 0 aromatic carbocycles. The van der Waals surface area contributed by atoms with Gasteiger partial charge in [0, 0.05) is 6.04 Å². The van der Waals surface area contributed by atoms with Gasteiger partial charge in [-0.05, 0) is 24.4 Å². The number of imide groups is 1. The van der Waals surface area contributed by atoms with Gasteiger partial charge in [0.15, 0.2) is 0 Å². The maximum absolute atomic E-state index is 10.6. The van der Waals surface area contributed by atoms with Crippen LogP contribution in [0.25, 0.3) is 0 Å². The summed E-state index contributed by atoms with van der Waals surface area (Å²) in [6.45, 7) is 0. The topological polar surface area (TPSA) is 37.4 Å². The van der Waals surface area contributed by atoms with Crippen LogP contribution in [0, 0.1) is 0 Å². The van der Waals surface area contributed by atoms with Crippen molar-refractivity contribution in [2.75, 3.05) is 0 Å². The summed E-state index contributed by atoms with van der Waals surface area (Å²) in [5.74, 6) is 0. The Labute approximate surface area is 70.3 Å². The highest BCUT2D eigenvalue weighted by Gasteiger charge is 2.24. The monoisotopic (exact) mass is 175 g/mol. The van der Waals surface area contributed by atoms with Crippen molar-refractivity contribution in [3.05, 3.63) is 0 Å². The molecule has 1 rings (SSSR count). The van der Waals surface area contributed by atoms with Crippen LogP contribution in [0.2, 0.25) is 0 Å². The van der Waals surface area contributed by atoms with E-state index >= 15 is 0 Å². The van der Waals surface area contributed by atoms with E-state index in [1.165, 1.54) is 0 Å². The molecular weight excluding hydrogens is 166 g/mol. The van der Waals surface area contributed by atoms with Crippen LogP contribution < -0.4 is 0 Å². The van der Waals surface area contributed by atoms with Crippen molar-refractivity contribution in [1.82, 2.24) is 4.90 Å². The van der Waals surface area contributed by atoms with Gasteiger partial charge < -0.3 is 0 Å². The number of rotatable bonds is 2. The number of hydrogen-bond acceptors (Lipinski definition) is 2. The number of amides is 2. The van der Waals surface area contributed by atoms with Crippen molar-refractivity contribution in [3.63, 3.8) is 0 Å². The summed E-state index contributed by atoms with van der Waals surface area (Å²) >= 11 is 5.18. The lowest BCUT2D eigenvalue weighted by Gasteiger charge is -2.18. The highest BCUT2D eigenvalue weighted by atomic mass is 35.5. The molecule has 0 aliphatic heterocycles. The molecule has 62 valence electrons. The predicted molar refractivity (Wildman–Crippen MR) is 41.4 cm³/mol. The lowest BCUT2D eigenvalue weighted by Crippen LogP contribution is -2.33. The Hall–Kier alpha value is -0.570. The maximum Gasteiger partial charge on any atom is 0.323 e. The molecule has 1 aliphatic rings. The Kier molecular flexibility index (Phi) is 2.88. The first kappa shape index (κ1) is 8.53. The third-order valence-corrected chi connectivity index (χ3v) is 2.23. The van der Waals surface area contributed by atoms with E-state index in [4.69, 9.17) is 11.6 Å². The molecule has 0 saturated heterocycles. The molecule has 0 N–H and O–H groups in total. The van der Waals surface area contributed by atoms with Gasteiger partial charge in [-0.25, -0.2) is 0 Å². The van der Waals surface area contributed by atoms with Gasteiger partial charge in [-0.3, -0.25) is 14.5 Å². The van der Waals surface area contributed by atoms with Crippen LogP contribution in [0.5, 0.6) is 0 Å². The summed E-state index contributed by atoms with van der Waals surface area (Å²) in [5, 5.41) is -0.660. The van der Waals surface area contributed by atoms with Crippen molar-refractivity contribution in [2.24, 2.45) is 0 Å². The van der Waals surface area contributed by atoms with Gasteiger partial charge in [0.2, 0.25) is 6.41 Å². The zero-order valence-corrected chi connectivity index (χ0v) is 6.88. The van der Waals surface area contributed by atoms with Crippen molar-refractivity contribution >= 4 is 23.4 Å². The summed E-state index contributed by atoms with van der Waals surface area (Å²) in [4.78, 5) is 22.1. The molecule has 0 heterocycles. The van der Waals surface area contributed by atoms with Crippen molar-refractivity contribution in [2.45, 2.75) is 31.7 Å². The molecule has 0 spiro atoms. The highest BCUT2D eigenvalue weighted by Crippen LogP contribution is 2.23. The standard InChI is InChI=1S/C7H10ClNO2/c8-7(11)9(5-10)6-3-1-2-4-6/h5-6H,1-4H2. The van der Waals surface area contributed by atoms with Crippen molar-refractivity contribution in [1.29, 1.82) is 0 Å². The van der Waals surface area contributed by atoms with Crippen molar-refractivity contribution in [3.8, 4) is 0 Å². The fourth-order valence-corrected chi connectivity index (χ4v) is 1.63. The van der Waals surface area contributed by atoms with Crippen LogP contribution in [-0.2, 0) is 4.79 Å². The number of hydrogen-bond donors (Lipinski definition) is 0. The van der Waals surface area contributed by atoms with Gasteiger partial charge in [0.05, 0.1) is 0 Å². The van der Waals surface area contributed by atoms with Crippen LogP contribution in [-0.4, -0.2) is 22.7 Å². The summed E-state index contributed by atoms with van der Waals surface area (Å²) in [6.07, 6.45) is 4.48. The molecule has 3 nitrogen and oxygen atoms in total. The Morgan fingerprint density at radius 3 is 2.36 bits per heavy atom. The Morgan fingerprint density at radius 2 is 2.00 bits per heavy atom. The van der Waals surface area contributed by atoms with E-state index in [-0.39, 0.29) is 6.04 Å². The molecular formula is C7H10ClNO2. The second-order valence-corrected chi connectivity index (χ2v) is 3.03. The summed E-state index contributed by atoms with van der Waals surface area (Å²) in [7, 11) is 0. The molecule has 4 heteroatoms.